The Morgan fingerprint density at radius 1 is 1.43 bits per heavy atom. The number of halogens is 3. The number of imide groups is 1. The maximum absolute atomic E-state index is 12.5. The highest BCUT2D eigenvalue weighted by molar-refractivity contribution is 6.05. The summed E-state index contributed by atoms with van der Waals surface area (Å²) >= 11 is 0. The van der Waals surface area contributed by atoms with Crippen molar-refractivity contribution in [1.82, 2.24) is 25.7 Å². The predicted octanol–water partition coefficient (Wildman–Crippen LogP) is -0.0754. The molecule has 4 amide bonds. The van der Waals surface area contributed by atoms with Gasteiger partial charge in [0, 0.05) is 12.2 Å². The molecule has 1 aromatic heterocycles. The third kappa shape index (κ3) is 4.20. The van der Waals surface area contributed by atoms with Crippen LogP contribution in [-0.4, -0.2) is 40.2 Å². The number of alkyl halides is 3. The Morgan fingerprint density at radius 3 is 2.65 bits per heavy atom. The highest BCUT2D eigenvalue weighted by Gasteiger charge is 2.34. The standard InChI is InChI=1S/C12H14F3N5O3/c1-6-4-8(12(13,14)15)19-20(6)3-2-16-9(21)5-7-10(22)18-11(23)17-7/h4,7H,2-3,5H2,1H3,(H,16,21)(H2,17,18,22,23). The first-order valence-electron chi connectivity index (χ1n) is 6.66. The lowest BCUT2D eigenvalue weighted by molar-refractivity contribution is -0.141. The van der Waals surface area contributed by atoms with E-state index in [9.17, 15) is 27.6 Å². The van der Waals surface area contributed by atoms with Gasteiger partial charge < -0.3 is 10.6 Å². The maximum atomic E-state index is 12.5. The van der Waals surface area contributed by atoms with Crippen LogP contribution in [0.25, 0.3) is 0 Å². The molecule has 1 saturated heterocycles. The minimum atomic E-state index is -4.52. The zero-order valence-electron chi connectivity index (χ0n) is 12.0. The molecule has 0 bridgehead atoms. The topological polar surface area (TPSA) is 105 Å². The number of hydrogen-bond donors (Lipinski definition) is 3. The average molecular weight is 333 g/mol. The summed E-state index contributed by atoms with van der Waals surface area (Å²) in [6.45, 7) is 1.57. The molecule has 1 aromatic rings. The minimum absolute atomic E-state index is 0.0426. The molecule has 0 aromatic carbocycles. The highest BCUT2D eigenvalue weighted by atomic mass is 19.4. The van der Waals surface area contributed by atoms with E-state index in [1.807, 2.05) is 5.32 Å². The molecule has 2 rings (SSSR count). The van der Waals surface area contributed by atoms with Crippen molar-refractivity contribution in [1.29, 1.82) is 0 Å². The molecule has 1 atom stereocenters. The number of carbonyl (C=O) groups excluding carboxylic acids is 3. The van der Waals surface area contributed by atoms with Gasteiger partial charge in [-0.05, 0) is 13.0 Å². The Labute approximate surface area is 128 Å². The second-order valence-electron chi connectivity index (χ2n) is 4.96. The summed E-state index contributed by atoms with van der Waals surface area (Å²) < 4.78 is 38.7. The molecular formula is C12H14F3N5O3. The van der Waals surface area contributed by atoms with E-state index in [4.69, 9.17) is 0 Å². The van der Waals surface area contributed by atoms with E-state index in [-0.39, 0.29) is 19.5 Å². The summed E-state index contributed by atoms with van der Waals surface area (Å²) in [5.41, 5.74) is -0.680. The molecule has 23 heavy (non-hydrogen) atoms. The maximum Gasteiger partial charge on any atom is 0.435 e. The Balaban J connectivity index is 1.81. The molecule has 11 heteroatoms. The summed E-state index contributed by atoms with van der Waals surface area (Å²) in [5, 5.41) is 10.1. The predicted molar refractivity (Wildman–Crippen MR) is 70.1 cm³/mol. The Kier molecular flexibility index (Phi) is 4.57. The molecule has 1 aliphatic rings. The van der Waals surface area contributed by atoms with E-state index >= 15 is 0 Å². The number of urea groups is 1. The van der Waals surface area contributed by atoms with Crippen molar-refractivity contribution in [3.63, 3.8) is 0 Å². The molecule has 1 fully saturated rings. The van der Waals surface area contributed by atoms with E-state index in [0.717, 1.165) is 10.7 Å². The first-order valence-corrected chi connectivity index (χ1v) is 6.66. The number of aromatic nitrogens is 2. The molecule has 0 spiro atoms. The summed E-state index contributed by atoms with van der Waals surface area (Å²) in [7, 11) is 0. The van der Waals surface area contributed by atoms with Crippen molar-refractivity contribution in [2.75, 3.05) is 6.54 Å². The van der Waals surface area contributed by atoms with Crippen molar-refractivity contribution >= 4 is 17.8 Å². The molecule has 2 heterocycles. The number of amides is 4. The van der Waals surface area contributed by atoms with Gasteiger partial charge in [-0.25, -0.2) is 4.79 Å². The lowest BCUT2D eigenvalue weighted by Crippen LogP contribution is -2.37. The van der Waals surface area contributed by atoms with Gasteiger partial charge in [-0.1, -0.05) is 0 Å². The lowest BCUT2D eigenvalue weighted by Gasteiger charge is -2.09. The fraction of sp³-hybridized carbons (Fsp3) is 0.500. The highest BCUT2D eigenvalue weighted by Crippen LogP contribution is 2.28. The van der Waals surface area contributed by atoms with E-state index in [0.29, 0.717) is 5.69 Å². The number of aryl methyl sites for hydroxylation is 1. The second-order valence-corrected chi connectivity index (χ2v) is 4.96. The molecule has 8 nitrogen and oxygen atoms in total. The molecule has 1 aliphatic heterocycles. The number of hydrogen-bond acceptors (Lipinski definition) is 4. The van der Waals surface area contributed by atoms with Crippen LogP contribution in [0.2, 0.25) is 0 Å². The van der Waals surface area contributed by atoms with Crippen LogP contribution < -0.4 is 16.0 Å². The van der Waals surface area contributed by atoms with Crippen molar-refractivity contribution in [2.45, 2.75) is 32.1 Å². The van der Waals surface area contributed by atoms with Crippen LogP contribution in [0, 0.1) is 6.92 Å². The Bertz CT molecular complexity index is 640. The van der Waals surface area contributed by atoms with Gasteiger partial charge >= 0.3 is 12.2 Å². The van der Waals surface area contributed by atoms with Crippen LogP contribution in [0.5, 0.6) is 0 Å². The van der Waals surface area contributed by atoms with Crippen LogP contribution in [0.4, 0.5) is 18.0 Å². The number of nitrogens with zero attached hydrogens (tertiary/aromatic N) is 2. The summed E-state index contributed by atoms with van der Waals surface area (Å²) in [5.74, 6) is -1.10. The SMILES string of the molecule is Cc1cc(C(F)(F)F)nn1CCNC(=O)CC1NC(=O)NC1=O. The summed E-state index contributed by atoms with van der Waals surface area (Å²) in [6.07, 6.45) is -4.77. The Morgan fingerprint density at radius 2 is 2.13 bits per heavy atom. The van der Waals surface area contributed by atoms with Gasteiger partial charge in [-0.15, -0.1) is 0 Å². The number of nitrogens with one attached hydrogen (secondary N) is 3. The fourth-order valence-electron chi connectivity index (χ4n) is 2.04. The van der Waals surface area contributed by atoms with Crippen LogP contribution in [0.3, 0.4) is 0 Å². The molecule has 0 aliphatic carbocycles. The third-order valence-corrected chi connectivity index (χ3v) is 3.17. The first-order chi connectivity index (χ1) is 10.7. The van der Waals surface area contributed by atoms with Crippen molar-refractivity contribution in [3.8, 4) is 0 Å². The molecule has 0 saturated carbocycles. The minimum Gasteiger partial charge on any atom is -0.354 e. The van der Waals surface area contributed by atoms with E-state index in [2.05, 4.69) is 15.7 Å². The second kappa shape index (κ2) is 6.26. The van der Waals surface area contributed by atoms with Crippen molar-refractivity contribution < 1.29 is 27.6 Å². The van der Waals surface area contributed by atoms with E-state index in [1.165, 1.54) is 6.92 Å². The number of carbonyl (C=O) groups is 3. The third-order valence-electron chi connectivity index (χ3n) is 3.17. The average Bonchev–Trinajstić information content (AvgIpc) is 2.93. The molecular weight excluding hydrogens is 319 g/mol. The largest absolute Gasteiger partial charge is 0.435 e. The van der Waals surface area contributed by atoms with E-state index in [1.54, 1.807) is 0 Å². The smallest absolute Gasteiger partial charge is 0.354 e. The molecule has 0 radical (unpaired) electrons. The van der Waals surface area contributed by atoms with Gasteiger partial charge in [0.05, 0.1) is 13.0 Å². The van der Waals surface area contributed by atoms with Crippen molar-refractivity contribution in [2.24, 2.45) is 0 Å². The van der Waals surface area contributed by atoms with Gasteiger partial charge in [0.25, 0.3) is 5.91 Å². The van der Waals surface area contributed by atoms with Gasteiger partial charge in [0.1, 0.15) is 6.04 Å². The van der Waals surface area contributed by atoms with Crippen LogP contribution in [-0.2, 0) is 22.3 Å². The lowest BCUT2D eigenvalue weighted by atomic mass is 10.2. The van der Waals surface area contributed by atoms with Crippen molar-refractivity contribution in [3.05, 3.63) is 17.5 Å². The first kappa shape index (κ1) is 16.8. The number of rotatable bonds is 5. The quantitative estimate of drug-likeness (QED) is 0.656. The molecule has 126 valence electrons. The fourth-order valence-corrected chi connectivity index (χ4v) is 2.04. The zero-order valence-corrected chi connectivity index (χ0v) is 12.0. The summed E-state index contributed by atoms with van der Waals surface area (Å²) in [6, 6.07) is -0.689. The van der Waals surface area contributed by atoms with Gasteiger partial charge in [0.2, 0.25) is 5.91 Å². The monoisotopic (exact) mass is 333 g/mol. The Hall–Kier alpha value is -2.59. The molecule has 1 unspecified atom stereocenters. The van der Waals surface area contributed by atoms with Gasteiger partial charge in [-0.2, -0.15) is 18.3 Å². The van der Waals surface area contributed by atoms with Gasteiger partial charge in [-0.3, -0.25) is 19.6 Å². The molecule has 3 N–H and O–H groups in total. The normalized spacial score (nSPS) is 17.8. The van der Waals surface area contributed by atoms with Crippen LogP contribution in [0.1, 0.15) is 17.8 Å². The summed E-state index contributed by atoms with van der Waals surface area (Å²) in [4.78, 5) is 33.8. The van der Waals surface area contributed by atoms with E-state index < -0.39 is 35.8 Å². The van der Waals surface area contributed by atoms with Crippen LogP contribution in [0.15, 0.2) is 6.07 Å². The zero-order chi connectivity index (χ0) is 17.2. The van der Waals surface area contributed by atoms with Gasteiger partial charge in [0.15, 0.2) is 5.69 Å². The van der Waals surface area contributed by atoms with Crippen LogP contribution >= 0.6 is 0 Å².